The molecule has 1 atom stereocenters. The molecule has 5 rings (SSSR count). The molecule has 1 aliphatic rings. The monoisotopic (exact) mass is 455 g/mol. The minimum absolute atomic E-state index is 0.410. The van der Waals surface area contributed by atoms with Gasteiger partial charge in [-0.05, 0) is 42.3 Å². The zero-order valence-corrected chi connectivity index (χ0v) is 19.2. The Morgan fingerprint density at radius 3 is 2.68 bits per heavy atom. The second-order valence-electron chi connectivity index (χ2n) is 8.00. The first-order chi connectivity index (χ1) is 16.5. The maximum absolute atomic E-state index is 12.5. The van der Waals surface area contributed by atoms with Crippen LogP contribution in [0.1, 0.15) is 25.5 Å². The predicted molar refractivity (Wildman–Crippen MR) is 131 cm³/mol. The molecular weight excluding hydrogens is 430 g/mol. The van der Waals surface area contributed by atoms with Crippen molar-refractivity contribution in [3.8, 4) is 22.9 Å². The van der Waals surface area contributed by atoms with Crippen molar-refractivity contribution in [3.05, 3.63) is 77.5 Å². The van der Waals surface area contributed by atoms with Crippen LogP contribution in [0.25, 0.3) is 22.2 Å². The SMILES string of the molecule is CCOc1ccc(C2C(C(N)=O)=C(C)Nc3nc(-c4cccc5ccccc45)nn32)cc1OC. The van der Waals surface area contributed by atoms with Crippen molar-refractivity contribution < 1.29 is 14.3 Å². The third-order valence-electron chi connectivity index (χ3n) is 5.95. The summed E-state index contributed by atoms with van der Waals surface area (Å²) in [7, 11) is 1.58. The summed E-state index contributed by atoms with van der Waals surface area (Å²) in [5.41, 5.74) is 8.56. The van der Waals surface area contributed by atoms with E-state index in [4.69, 9.17) is 25.3 Å². The van der Waals surface area contributed by atoms with Gasteiger partial charge in [0.15, 0.2) is 17.3 Å². The fraction of sp³-hybridized carbons (Fsp3) is 0.192. The lowest BCUT2D eigenvalue weighted by molar-refractivity contribution is -0.115. The molecule has 34 heavy (non-hydrogen) atoms. The van der Waals surface area contributed by atoms with E-state index in [0.717, 1.165) is 21.9 Å². The van der Waals surface area contributed by atoms with Crippen molar-refractivity contribution in [1.82, 2.24) is 14.8 Å². The van der Waals surface area contributed by atoms with Gasteiger partial charge in [-0.2, -0.15) is 4.98 Å². The van der Waals surface area contributed by atoms with Gasteiger partial charge in [0.1, 0.15) is 6.04 Å². The topological polar surface area (TPSA) is 104 Å². The van der Waals surface area contributed by atoms with Crippen LogP contribution in [-0.4, -0.2) is 34.4 Å². The number of aromatic nitrogens is 3. The molecule has 0 aliphatic carbocycles. The molecule has 172 valence electrons. The molecule has 1 aliphatic heterocycles. The summed E-state index contributed by atoms with van der Waals surface area (Å²) in [5, 5.41) is 10.2. The summed E-state index contributed by atoms with van der Waals surface area (Å²) in [5.74, 6) is 1.74. The zero-order valence-electron chi connectivity index (χ0n) is 19.2. The molecule has 0 radical (unpaired) electrons. The van der Waals surface area contributed by atoms with Gasteiger partial charge >= 0.3 is 0 Å². The number of nitrogens with one attached hydrogen (secondary N) is 1. The van der Waals surface area contributed by atoms with Crippen LogP contribution in [0.2, 0.25) is 0 Å². The van der Waals surface area contributed by atoms with Gasteiger partial charge in [0.25, 0.3) is 0 Å². The highest BCUT2D eigenvalue weighted by Gasteiger charge is 2.34. The summed E-state index contributed by atoms with van der Waals surface area (Å²) in [6.07, 6.45) is 0. The number of allylic oxidation sites excluding steroid dienone is 1. The smallest absolute Gasteiger partial charge is 0.248 e. The Labute approximate surface area is 197 Å². The molecule has 4 aromatic rings. The van der Waals surface area contributed by atoms with Crippen LogP contribution in [0.15, 0.2) is 71.9 Å². The van der Waals surface area contributed by atoms with Crippen molar-refractivity contribution >= 4 is 22.6 Å². The lowest BCUT2D eigenvalue weighted by Crippen LogP contribution is -2.31. The molecule has 0 bridgehead atoms. The van der Waals surface area contributed by atoms with Crippen LogP contribution in [0, 0.1) is 0 Å². The largest absolute Gasteiger partial charge is 0.493 e. The molecule has 3 aromatic carbocycles. The Morgan fingerprint density at radius 2 is 1.91 bits per heavy atom. The summed E-state index contributed by atoms with van der Waals surface area (Å²) in [6.45, 7) is 4.23. The highest BCUT2D eigenvalue weighted by atomic mass is 16.5. The van der Waals surface area contributed by atoms with E-state index in [1.807, 2.05) is 62.4 Å². The maximum atomic E-state index is 12.5. The summed E-state index contributed by atoms with van der Waals surface area (Å²) in [4.78, 5) is 17.3. The van der Waals surface area contributed by atoms with Crippen molar-refractivity contribution in [2.24, 2.45) is 5.73 Å². The van der Waals surface area contributed by atoms with Gasteiger partial charge in [-0.15, -0.1) is 5.10 Å². The number of nitrogens with zero attached hydrogens (tertiary/aromatic N) is 3. The number of primary amides is 1. The highest BCUT2D eigenvalue weighted by Crippen LogP contribution is 2.39. The number of carbonyl (C=O) groups is 1. The minimum atomic E-state index is -0.574. The normalized spacial score (nSPS) is 15.1. The van der Waals surface area contributed by atoms with Crippen LogP contribution in [0.4, 0.5) is 5.95 Å². The van der Waals surface area contributed by atoms with Gasteiger partial charge in [0, 0.05) is 11.3 Å². The third kappa shape index (κ3) is 3.53. The number of hydrogen-bond donors (Lipinski definition) is 2. The van der Waals surface area contributed by atoms with Gasteiger partial charge in [0.2, 0.25) is 11.9 Å². The first-order valence-electron chi connectivity index (χ1n) is 11.0. The average molecular weight is 456 g/mol. The second-order valence-corrected chi connectivity index (χ2v) is 8.00. The lowest BCUT2D eigenvalue weighted by Gasteiger charge is -2.28. The Hall–Kier alpha value is -4.33. The average Bonchev–Trinajstić information content (AvgIpc) is 3.26. The molecule has 1 aromatic heterocycles. The van der Waals surface area contributed by atoms with Crippen molar-refractivity contribution in [1.29, 1.82) is 0 Å². The van der Waals surface area contributed by atoms with E-state index < -0.39 is 11.9 Å². The van der Waals surface area contributed by atoms with Gasteiger partial charge in [0.05, 0.1) is 19.3 Å². The second kappa shape index (κ2) is 8.55. The number of hydrogen-bond acceptors (Lipinski definition) is 6. The number of amides is 1. The van der Waals surface area contributed by atoms with E-state index in [1.54, 1.807) is 11.8 Å². The number of carbonyl (C=O) groups excluding carboxylic acids is 1. The van der Waals surface area contributed by atoms with Gasteiger partial charge in [-0.1, -0.05) is 48.5 Å². The Balaban J connectivity index is 1.68. The number of fused-ring (bicyclic) bond motifs is 2. The van der Waals surface area contributed by atoms with Crippen molar-refractivity contribution in [2.45, 2.75) is 19.9 Å². The molecule has 8 nitrogen and oxygen atoms in total. The van der Waals surface area contributed by atoms with E-state index in [9.17, 15) is 4.79 Å². The lowest BCUT2D eigenvalue weighted by atomic mass is 9.95. The molecule has 2 heterocycles. The predicted octanol–water partition coefficient (Wildman–Crippen LogP) is 4.28. The molecule has 0 saturated heterocycles. The Bertz CT molecular complexity index is 1430. The fourth-order valence-electron chi connectivity index (χ4n) is 4.44. The van der Waals surface area contributed by atoms with Crippen molar-refractivity contribution in [2.75, 3.05) is 19.0 Å². The van der Waals surface area contributed by atoms with E-state index >= 15 is 0 Å². The zero-order chi connectivity index (χ0) is 23.8. The minimum Gasteiger partial charge on any atom is -0.493 e. The summed E-state index contributed by atoms with van der Waals surface area (Å²) in [6, 6.07) is 19.1. The first kappa shape index (κ1) is 21.5. The van der Waals surface area contributed by atoms with Crippen LogP contribution < -0.4 is 20.5 Å². The number of nitrogens with two attached hydrogens (primary N) is 1. The molecular formula is C26H25N5O3. The number of anilines is 1. The van der Waals surface area contributed by atoms with E-state index in [0.29, 0.717) is 41.1 Å². The molecule has 0 fully saturated rings. The van der Waals surface area contributed by atoms with Gasteiger partial charge < -0.3 is 20.5 Å². The molecule has 8 heteroatoms. The number of methoxy groups -OCH3 is 1. The molecule has 0 saturated carbocycles. The first-order valence-corrected chi connectivity index (χ1v) is 11.0. The summed E-state index contributed by atoms with van der Waals surface area (Å²) >= 11 is 0. The molecule has 1 amide bonds. The van der Waals surface area contributed by atoms with E-state index in [2.05, 4.69) is 17.4 Å². The maximum Gasteiger partial charge on any atom is 0.248 e. The van der Waals surface area contributed by atoms with Crippen LogP contribution in [-0.2, 0) is 4.79 Å². The third-order valence-corrected chi connectivity index (χ3v) is 5.95. The number of benzene rings is 3. The highest BCUT2D eigenvalue weighted by molar-refractivity contribution is 5.96. The quantitative estimate of drug-likeness (QED) is 0.450. The fourth-order valence-corrected chi connectivity index (χ4v) is 4.44. The number of ether oxygens (including phenoxy) is 2. The Kier molecular flexibility index (Phi) is 5.41. The molecule has 0 spiro atoms. The van der Waals surface area contributed by atoms with Gasteiger partial charge in [-0.25, -0.2) is 4.68 Å². The van der Waals surface area contributed by atoms with Gasteiger partial charge in [-0.3, -0.25) is 4.79 Å². The van der Waals surface area contributed by atoms with Crippen LogP contribution in [0.5, 0.6) is 11.5 Å². The van der Waals surface area contributed by atoms with E-state index in [1.165, 1.54) is 0 Å². The van der Waals surface area contributed by atoms with E-state index in [-0.39, 0.29) is 0 Å². The van der Waals surface area contributed by atoms with Crippen LogP contribution >= 0.6 is 0 Å². The Morgan fingerprint density at radius 1 is 1.12 bits per heavy atom. The number of rotatable bonds is 6. The molecule has 3 N–H and O–H groups in total. The van der Waals surface area contributed by atoms with Crippen molar-refractivity contribution in [3.63, 3.8) is 0 Å². The standard InChI is InChI=1S/C26H25N5O3/c1-4-34-20-13-12-17(14-21(20)33-3)23-22(24(27)32)15(2)28-26-29-25(30-31(23)26)19-11-7-9-16-8-5-6-10-18(16)19/h5-14,23H,4H2,1-3H3,(H2,27,32)(H,28,29,30). The molecule has 1 unspecified atom stereocenters. The van der Waals surface area contributed by atoms with Crippen LogP contribution in [0.3, 0.4) is 0 Å². The summed E-state index contributed by atoms with van der Waals surface area (Å²) < 4.78 is 12.9.